The van der Waals surface area contributed by atoms with Gasteiger partial charge in [-0.15, -0.1) is 0 Å². The second kappa shape index (κ2) is 11.8. The average Bonchev–Trinajstić information content (AvgIpc) is 3.46. The molecule has 0 radical (unpaired) electrons. The number of hydrogen-bond donors (Lipinski definition) is 2. The third-order valence-electron chi connectivity index (χ3n) is 4.36. The molecule has 0 saturated heterocycles. The molecule has 2 N–H and O–H groups in total. The summed E-state index contributed by atoms with van der Waals surface area (Å²) in [5.74, 6) is 2.59. The van der Waals surface area contributed by atoms with Gasteiger partial charge in [0.05, 0.1) is 13.2 Å². The normalized spacial score (nSPS) is 14.3. The molecule has 1 aliphatic rings. The summed E-state index contributed by atoms with van der Waals surface area (Å²) in [5.41, 5.74) is 2.37. The number of hydrogen-bond acceptors (Lipinski definition) is 3. The van der Waals surface area contributed by atoms with Crippen molar-refractivity contribution < 1.29 is 9.47 Å². The number of nitrogens with one attached hydrogen (secondary N) is 2. The quantitative estimate of drug-likeness (QED) is 0.339. The standard InChI is InChI=1S/C21H35N3O2/c1-4-22-21(23-12-6-7-13-25-5-2)24-15-19-11-8-17(3)14-20(19)26-16-18-9-10-18/h8,11,14,18H,4-7,9-10,12-13,15-16H2,1-3H3,(H2,22,23,24). The Morgan fingerprint density at radius 2 is 2.04 bits per heavy atom. The fourth-order valence-electron chi connectivity index (χ4n) is 2.61. The molecule has 1 aliphatic carbocycles. The summed E-state index contributed by atoms with van der Waals surface area (Å²) in [6.45, 7) is 11.0. The lowest BCUT2D eigenvalue weighted by molar-refractivity contribution is 0.143. The lowest BCUT2D eigenvalue weighted by Crippen LogP contribution is -2.37. The van der Waals surface area contributed by atoms with E-state index in [-0.39, 0.29) is 0 Å². The monoisotopic (exact) mass is 361 g/mol. The van der Waals surface area contributed by atoms with Crippen molar-refractivity contribution in [3.63, 3.8) is 0 Å². The number of aliphatic imine (C=N–C) groups is 1. The van der Waals surface area contributed by atoms with Crippen LogP contribution >= 0.6 is 0 Å². The van der Waals surface area contributed by atoms with Crippen molar-refractivity contribution in [2.75, 3.05) is 32.9 Å². The molecule has 1 saturated carbocycles. The Morgan fingerprint density at radius 1 is 1.19 bits per heavy atom. The van der Waals surface area contributed by atoms with Crippen molar-refractivity contribution in [3.8, 4) is 5.75 Å². The summed E-state index contributed by atoms with van der Waals surface area (Å²) in [6.07, 6.45) is 4.75. The molecule has 26 heavy (non-hydrogen) atoms. The molecule has 2 rings (SSSR count). The van der Waals surface area contributed by atoms with Gasteiger partial charge in [-0.2, -0.15) is 0 Å². The molecular formula is C21H35N3O2. The first-order chi connectivity index (χ1) is 12.7. The van der Waals surface area contributed by atoms with Crippen LogP contribution in [0.4, 0.5) is 0 Å². The number of benzene rings is 1. The Bertz CT molecular complexity index is 556. The molecule has 0 aromatic heterocycles. The van der Waals surface area contributed by atoms with E-state index in [0.29, 0.717) is 6.54 Å². The zero-order valence-corrected chi connectivity index (χ0v) is 16.6. The van der Waals surface area contributed by atoms with Crippen molar-refractivity contribution in [2.24, 2.45) is 10.9 Å². The summed E-state index contributed by atoms with van der Waals surface area (Å²) in [4.78, 5) is 4.73. The Labute approximate surface area is 158 Å². The predicted molar refractivity (Wildman–Crippen MR) is 108 cm³/mol. The minimum Gasteiger partial charge on any atom is -0.493 e. The van der Waals surface area contributed by atoms with Gasteiger partial charge in [-0.25, -0.2) is 4.99 Å². The van der Waals surface area contributed by atoms with E-state index in [0.717, 1.165) is 68.9 Å². The summed E-state index contributed by atoms with van der Waals surface area (Å²) in [5, 5.41) is 6.71. The van der Waals surface area contributed by atoms with Crippen LogP contribution in [0.25, 0.3) is 0 Å². The molecule has 1 fully saturated rings. The van der Waals surface area contributed by atoms with Crippen molar-refractivity contribution >= 4 is 5.96 Å². The Hall–Kier alpha value is -1.75. The zero-order chi connectivity index (χ0) is 18.6. The molecular weight excluding hydrogens is 326 g/mol. The topological polar surface area (TPSA) is 54.9 Å². The molecule has 0 bridgehead atoms. The van der Waals surface area contributed by atoms with Gasteiger partial charge in [-0.3, -0.25) is 0 Å². The van der Waals surface area contributed by atoms with Crippen LogP contribution in [0.3, 0.4) is 0 Å². The summed E-state index contributed by atoms with van der Waals surface area (Å²) in [7, 11) is 0. The van der Waals surface area contributed by atoms with Crippen LogP contribution in [-0.2, 0) is 11.3 Å². The van der Waals surface area contributed by atoms with Gasteiger partial charge >= 0.3 is 0 Å². The molecule has 5 nitrogen and oxygen atoms in total. The van der Waals surface area contributed by atoms with Gasteiger partial charge in [0.1, 0.15) is 5.75 Å². The van der Waals surface area contributed by atoms with Crippen molar-refractivity contribution in [1.29, 1.82) is 0 Å². The van der Waals surface area contributed by atoms with Crippen molar-refractivity contribution in [3.05, 3.63) is 29.3 Å². The fourth-order valence-corrected chi connectivity index (χ4v) is 2.61. The van der Waals surface area contributed by atoms with Gasteiger partial charge in [-0.1, -0.05) is 12.1 Å². The summed E-state index contributed by atoms with van der Waals surface area (Å²) < 4.78 is 11.4. The van der Waals surface area contributed by atoms with E-state index in [4.69, 9.17) is 14.5 Å². The third-order valence-corrected chi connectivity index (χ3v) is 4.36. The summed E-state index contributed by atoms with van der Waals surface area (Å²) >= 11 is 0. The average molecular weight is 362 g/mol. The maximum absolute atomic E-state index is 6.05. The van der Waals surface area contributed by atoms with Gasteiger partial charge in [0.25, 0.3) is 0 Å². The highest BCUT2D eigenvalue weighted by Crippen LogP contribution is 2.30. The molecule has 146 valence electrons. The SMILES string of the molecule is CCNC(=NCc1ccc(C)cc1OCC1CC1)NCCCCOCC. The van der Waals surface area contributed by atoms with Crippen LogP contribution in [0.2, 0.25) is 0 Å². The molecule has 0 atom stereocenters. The minimum absolute atomic E-state index is 0.620. The van der Waals surface area contributed by atoms with E-state index in [9.17, 15) is 0 Å². The number of guanidine groups is 1. The largest absolute Gasteiger partial charge is 0.493 e. The van der Waals surface area contributed by atoms with E-state index in [2.05, 4.69) is 42.7 Å². The van der Waals surface area contributed by atoms with Gasteiger partial charge in [0.2, 0.25) is 0 Å². The number of ether oxygens (including phenoxy) is 2. The van der Waals surface area contributed by atoms with Gasteiger partial charge < -0.3 is 20.1 Å². The smallest absolute Gasteiger partial charge is 0.191 e. The lowest BCUT2D eigenvalue weighted by atomic mass is 10.1. The van der Waals surface area contributed by atoms with Crippen molar-refractivity contribution in [2.45, 2.75) is 53.0 Å². The molecule has 1 aromatic rings. The molecule has 0 aliphatic heterocycles. The van der Waals surface area contributed by atoms with Crippen molar-refractivity contribution in [1.82, 2.24) is 10.6 Å². The van der Waals surface area contributed by atoms with Crippen LogP contribution in [0, 0.1) is 12.8 Å². The van der Waals surface area contributed by atoms with E-state index in [1.54, 1.807) is 0 Å². The number of nitrogens with zero attached hydrogens (tertiary/aromatic N) is 1. The van der Waals surface area contributed by atoms with Crippen LogP contribution in [0.15, 0.2) is 23.2 Å². The first kappa shape index (κ1) is 20.6. The lowest BCUT2D eigenvalue weighted by Gasteiger charge is -2.13. The molecule has 0 unspecified atom stereocenters. The number of unbranched alkanes of at least 4 members (excludes halogenated alkanes) is 1. The van der Waals surface area contributed by atoms with E-state index < -0.39 is 0 Å². The second-order valence-corrected chi connectivity index (χ2v) is 6.89. The van der Waals surface area contributed by atoms with Gasteiger partial charge in [-0.05, 0) is 64.0 Å². The van der Waals surface area contributed by atoms with Gasteiger partial charge in [0, 0.05) is 31.9 Å². The molecule has 1 aromatic carbocycles. The zero-order valence-electron chi connectivity index (χ0n) is 16.6. The van der Waals surface area contributed by atoms with E-state index >= 15 is 0 Å². The van der Waals surface area contributed by atoms with E-state index in [1.807, 2.05) is 6.92 Å². The van der Waals surface area contributed by atoms with Crippen LogP contribution in [0.1, 0.15) is 50.7 Å². The predicted octanol–water partition coefficient (Wildman–Crippen LogP) is 3.66. The first-order valence-corrected chi connectivity index (χ1v) is 10.0. The van der Waals surface area contributed by atoms with Crippen LogP contribution in [-0.4, -0.2) is 38.9 Å². The van der Waals surface area contributed by atoms with Crippen LogP contribution < -0.4 is 15.4 Å². The third kappa shape index (κ3) is 8.09. The minimum atomic E-state index is 0.620. The number of aryl methyl sites for hydroxylation is 1. The van der Waals surface area contributed by atoms with Gasteiger partial charge in [0.15, 0.2) is 5.96 Å². The second-order valence-electron chi connectivity index (χ2n) is 6.89. The Balaban J connectivity index is 1.86. The van der Waals surface area contributed by atoms with E-state index in [1.165, 1.54) is 18.4 Å². The summed E-state index contributed by atoms with van der Waals surface area (Å²) in [6, 6.07) is 6.39. The maximum atomic E-state index is 6.05. The highest BCUT2D eigenvalue weighted by Gasteiger charge is 2.22. The molecule has 0 amide bonds. The fraction of sp³-hybridized carbons (Fsp3) is 0.667. The highest BCUT2D eigenvalue weighted by molar-refractivity contribution is 5.79. The molecule has 0 spiro atoms. The Morgan fingerprint density at radius 3 is 2.77 bits per heavy atom. The first-order valence-electron chi connectivity index (χ1n) is 10.0. The molecule has 5 heteroatoms. The van der Waals surface area contributed by atoms with Crippen LogP contribution in [0.5, 0.6) is 5.75 Å². The Kier molecular flexibility index (Phi) is 9.32. The highest BCUT2D eigenvalue weighted by atomic mass is 16.5. The number of rotatable bonds is 12. The maximum Gasteiger partial charge on any atom is 0.191 e. The molecule has 0 heterocycles.